The van der Waals surface area contributed by atoms with Crippen LogP contribution in [0, 0.1) is 23.5 Å². The van der Waals surface area contributed by atoms with Crippen molar-refractivity contribution in [1.82, 2.24) is 15.3 Å². The molecule has 45 heavy (non-hydrogen) atoms. The molecule has 1 aliphatic heterocycles. The summed E-state index contributed by atoms with van der Waals surface area (Å²) >= 11 is 7.62. The number of carbonyl (C=O) groups excluding carboxylic acids is 1. The van der Waals surface area contributed by atoms with Crippen LogP contribution in [0.1, 0.15) is 65.6 Å². The van der Waals surface area contributed by atoms with Crippen molar-refractivity contribution in [3.8, 4) is 0 Å². The SMILES string of the molecule is C=C/C=C1\C[C@@H](c2nc3c(o2)CC(C2=C(C(=O)OC)C(c4ccc(F)c(F)c4Cl)N=C(c4nccs4)N2)CC3)CC[C@@H]1C(=O)O. The topological polar surface area (TPSA) is 127 Å². The number of carbonyl (C=O) groups is 2. The number of amidine groups is 1. The van der Waals surface area contributed by atoms with Crippen LogP contribution < -0.4 is 5.32 Å². The first-order chi connectivity index (χ1) is 21.7. The highest BCUT2D eigenvalue weighted by molar-refractivity contribution is 7.11. The summed E-state index contributed by atoms with van der Waals surface area (Å²) in [5, 5.41) is 14.8. The van der Waals surface area contributed by atoms with Gasteiger partial charge < -0.3 is 19.6 Å². The Hall–Kier alpha value is -4.16. The van der Waals surface area contributed by atoms with Crippen LogP contribution in [-0.4, -0.2) is 40.0 Å². The fourth-order valence-corrected chi connectivity index (χ4v) is 7.22. The predicted octanol–water partition coefficient (Wildman–Crippen LogP) is 6.47. The molecule has 0 spiro atoms. The van der Waals surface area contributed by atoms with E-state index >= 15 is 0 Å². The van der Waals surface area contributed by atoms with E-state index in [-0.39, 0.29) is 23.0 Å². The Morgan fingerprint density at radius 3 is 2.76 bits per heavy atom. The summed E-state index contributed by atoms with van der Waals surface area (Å²) in [6.07, 6.45) is 8.14. The van der Waals surface area contributed by atoms with Crippen molar-refractivity contribution >= 4 is 40.7 Å². The van der Waals surface area contributed by atoms with Crippen LogP contribution >= 0.6 is 22.9 Å². The summed E-state index contributed by atoms with van der Waals surface area (Å²) in [6, 6.07) is 1.17. The molecule has 2 unspecified atom stereocenters. The Bertz CT molecular complexity index is 1770. The molecule has 1 aromatic carbocycles. The summed E-state index contributed by atoms with van der Waals surface area (Å²) in [5.41, 5.74) is 2.36. The number of aryl methyl sites for hydroxylation is 1. The summed E-state index contributed by atoms with van der Waals surface area (Å²) in [4.78, 5) is 39.0. The number of thiazole rings is 1. The molecule has 3 aliphatic rings. The molecule has 4 atom stereocenters. The minimum Gasteiger partial charge on any atom is -0.481 e. The zero-order chi connectivity index (χ0) is 31.8. The number of aliphatic carboxylic acids is 1. The fourth-order valence-electron chi connectivity index (χ4n) is 6.37. The quantitative estimate of drug-likeness (QED) is 0.219. The van der Waals surface area contributed by atoms with Gasteiger partial charge in [-0.2, -0.15) is 0 Å². The maximum atomic E-state index is 14.7. The van der Waals surface area contributed by atoms with Crippen molar-refractivity contribution < 1.29 is 32.6 Å². The van der Waals surface area contributed by atoms with Gasteiger partial charge in [-0.15, -0.1) is 11.3 Å². The number of ether oxygens (including phenoxy) is 1. The second-order valence-corrected chi connectivity index (χ2v) is 12.4. The minimum atomic E-state index is -1.23. The highest BCUT2D eigenvalue weighted by atomic mass is 35.5. The van der Waals surface area contributed by atoms with Crippen LogP contribution in [0.5, 0.6) is 0 Å². The Morgan fingerprint density at radius 1 is 1.22 bits per heavy atom. The van der Waals surface area contributed by atoms with Gasteiger partial charge in [-0.1, -0.05) is 42.0 Å². The third kappa shape index (κ3) is 5.84. The van der Waals surface area contributed by atoms with E-state index in [0.717, 1.165) is 17.3 Å². The largest absolute Gasteiger partial charge is 0.481 e. The van der Waals surface area contributed by atoms with Crippen LogP contribution in [0.2, 0.25) is 5.02 Å². The first kappa shape index (κ1) is 30.8. The highest BCUT2D eigenvalue weighted by Gasteiger charge is 2.40. The van der Waals surface area contributed by atoms with Gasteiger partial charge in [-0.05, 0) is 38.2 Å². The molecule has 0 bridgehead atoms. The molecule has 0 saturated heterocycles. The van der Waals surface area contributed by atoms with E-state index < -0.39 is 40.6 Å². The number of hydrogen-bond donors (Lipinski definition) is 2. The number of carboxylic acids is 1. The van der Waals surface area contributed by atoms with Crippen molar-refractivity contribution in [2.45, 2.75) is 50.5 Å². The number of benzene rings is 1. The third-order valence-electron chi connectivity index (χ3n) is 8.55. The van der Waals surface area contributed by atoms with Gasteiger partial charge in [0.1, 0.15) is 11.8 Å². The van der Waals surface area contributed by atoms with Crippen molar-refractivity contribution in [2.24, 2.45) is 16.8 Å². The van der Waals surface area contributed by atoms with Gasteiger partial charge in [0.15, 0.2) is 28.4 Å². The number of nitrogens with zero attached hydrogens (tertiary/aromatic N) is 3. The summed E-state index contributed by atoms with van der Waals surface area (Å²) in [6.45, 7) is 3.73. The lowest BCUT2D eigenvalue weighted by Gasteiger charge is -2.32. The second-order valence-electron chi connectivity index (χ2n) is 11.1. The fraction of sp³-hybridized carbons (Fsp3) is 0.344. The maximum absolute atomic E-state index is 14.7. The Balaban J connectivity index is 1.36. The molecule has 6 rings (SSSR count). The number of methoxy groups -OCH3 is 1. The first-order valence-electron chi connectivity index (χ1n) is 14.4. The van der Waals surface area contributed by atoms with Gasteiger partial charge in [0.05, 0.1) is 29.3 Å². The van der Waals surface area contributed by atoms with Crippen LogP contribution in [0.25, 0.3) is 0 Å². The van der Waals surface area contributed by atoms with Crippen LogP contribution in [0.4, 0.5) is 8.78 Å². The van der Waals surface area contributed by atoms with E-state index in [1.54, 1.807) is 23.7 Å². The number of fused-ring (bicyclic) bond motifs is 1. The van der Waals surface area contributed by atoms with E-state index in [0.29, 0.717) is 66.7 Å². The first-order valence-corrected chi connectivity index (χ1v) is 15.7. The molecule has 234 valence electrons. The lowest BCUT2D eigenvalue weighted by Crippen LogP contribution is -2.38. The summed E-state index contributed by atoms with van der Waals surface area (Å²) in [5.74, 6) is -3.19. The average Bonchev–Trinajstić information content (AvgIpc) is 3.73. The number of hydrogen-bond acceptors (Lipinski definition) is 9. The Kier molecular flexibility index (Phi) is 8.69. The zero-order valence-electron chi connectivity index (χ0n) is 24.2. The van der Waals surface area contributed by atoms with Crippen molar-refractivity contribution in [2.75, 3.05) is 7.11 Å². The third-order valence-corrected chi connectivity index (χ3v) is 9.72. The van der Waals surface area contributed by atoms with Gasteiger partial charge >= 0.3 is 11.9 Å². The highest BCUT2D eigenvalue weighted by Crippen LogP contribution is 2.44. The molecule has 9 nitrogen and oxygen atoms in total. The van der Waals surface area contributed by atoms with E-state index in [1.165, 1.54) is 24.5 Å². The molecule has 3 aromatic rings. The van der Waals surface area contributed by atoms with Crippen molar-refractivity contribution in [1.29, 1.82) is 0 Å². The van der Waals surface area contributed by atoms with E-state index in [9.17, 15) is 23.5 Å². The molecule has 2 aliphatic carbocycles. The van der Waals surface area contributed by atoms with E-state index in [2.05, 4.69) is 16.9 Å². The standard InChI is InChI=1S/C32H29ClF2N4O5S/c1-3-4-15-13-17(5-7-18(15)31(40)41)29-37-21-10-6-16(14-22(21)44-29)26-23(32(42)43-2)27(19-8-9-20(34)25(35)24(19)33)39-28(38-26)30-36-11-12-45-30/h3-4,8-9,11-12,16-18,27H,1,5-7,10,13-14H2,2H3,(H,38,39)(H,40,41)/b15-4+/t16?,17-,18-,27?/m0/s1. The number of esters is 1. The van der Waals surface area contributed by atoms with Crippen molar-refractivity contribution in [3.05, 3.63) is 104 Å². The molecule has 2 N–H and O–H groups in total. The van der Waals surface area contributed by atoms with Crippen LogP contribution in [0.15, 0.2) is 68.7 Å². The molecular weight excluding hydrogens is 626 g/mol. The van der Waals surface area contributed by atoms with Crippen LogP contribution in [0.3, 0.4) is 0 Å². The van der Waals surface area contributed by atoms with Crippen LogP contribution in [-0.2, 0) is 27.2 Å². The lowest BCUT2D eigenvalue weighted by molar-refractivity contribution is -0.141. The summed E-state index contributed by atoms with van der Waals surface area (Å²) in [7, 11) is 1.24. The average molecular weight is 655 g/mol. The van der Waals surface area contributed by atoms with Gasteiger partial charge in [0.25, 0.3) is 0 Å². The minimum absolute atomic E-state index is 0.0722. The molecule has 3 heterocycles. The van der Waals surface area contributed by atoms with Gasteiger partial charge in [0, 0.05) is 41.1 Å². The molecule has 0 amide bonds. The van der Waals surface area contributed by atoms with E-state index in [4.69, 9.17) is 30.7 Å². The lowest BCUT2D eigenvalue weighted by atomic mass is 9.78. The molecular formula is C32H29ClF2N4O5S. The molecule has 1 fully saturated rings. The maximum Gasteiger partial charge on any atom is 0.338 e. The number of aromatic nitrogens is 2. The number of rotatable bonds is 7. The number of nitrogens with one attached hydrogen (secondary N) is 1. The van der Waals surface area contributed by atoms with E-state index in [1.807, 2.05) is 0 Å². The molecule has 13 heteroatoms. The number of allylic oxidation sites excluding steroid dienone is 3. The normalized spacial score (nSPS) is 24.1. The zero-order valence-corrected chi connectivity index (χ0v) is 25.8. The monoisotopic (exact) mass is 654 g/mol. The van der Waals surface area contributed by atoms with Gasteiger partial charge in [-0.25, -0.2) is 23.5 Å². The summed E-state index contributed by atoms with van der Waals surface area (Å²) < 4.78 is 40.2. The molecule has 0 radical (unpaired) electrons. The smallest absolute Gasteiger partial charge is 0.338 e. The Labute approximate surface area is 266 Å². The molecule has 2 aromatic heterocycles. The Morgan fingerprint density at radius 2 is 2.04 bits per heavy atom. The van der Waals surface area contributed by atoms with Crippen molar-refractivity contribution in [3.63, 3.8) is 0 Å². The molecule has 1 saturated carbocycles. The predicted molar refractivity (Wildman–Crippen MR) is 163 cm³/mol. The number of oxazole rings is 1. The number of carboxylic acid groups (broad SMARTS) is 1. The number of aliphatic imine (C=N–C) groups is 1. The second kappa shape index (κ2) is 12.7. The van der Waals surface area contributed by atoms with Gasteiger partial charge in [0.2, 0.25) is 0 Å². The van der Waals surface area contributed by atoms with Gasteiger partial charge in [-0.3, -0.25) is 9.79 Å². The number of halogens is 3.